The lowest BCUT2D eigenvalue weighted by Gasteiger charge is -2.23. The lowest BCUT2D eigenvalue weighted by molar-refractivity contribution is -0.142. The zero-order valence-corrected chi connectivity index (χ0v) is 16.4. The van der Waals surface area contributed by atoms with Crippen molar-refractivity contribution in [3.8, 4) is 0 Å². The number of imide groups is 1. The summed E-state index contributed by atoms with van der Waals surface area (Å²) in [5, 5.41) is 10.6. The van der Waals surface area contributed by atoms with E-state index >= 15 is 0 Å². The fraction of sp³-hybridized carbons (Fsp3) is 0.417. The Labute approximate surface area is 171 Å². The van der Waals surface area contributed by atoms with Gasteiger partial charge in [-0.2, -0.15) is 0 Å². The maximum atomic E-state index is 12.6. The van der Waals surface area contributed by atoms with Crippen molar-refractivity contribution in [2.75, 3.05) is 13.2 Å². The summed E-state index contributed by atoms with van der Waals surface area (Å²) in [6.07, 6.45) is 2.31. The van der Waals surface area contributed by atoms with E-state index in [1.54, 1.807) is 0 Å². The average molecular weight is 393 g/mol. The van der Waals surface area contributed by atoms with Gasteiger partial charge in [-0.15, -0.1) is 0 Å². The number of aliphatic hydroxyl groups excluding tert-OH is 1. The van der Waals surface area contributed by atoms with Gasteiger partial charge in [-0.3, -0.25) is 14.5 Å². The van der Waals surface area contributed by atoms with E-state index in [0.717, 1.165) is 36.8 Å². The van der Waals surface area contributed by atoms with Crippen LogP contribution in [0, 0.1) is 11.8 Å². The maximum absolute atomic E-state index is 12.6. The molecule has 0 unspecified atom stereocenters. The molecule has 1 N–H and O–H groups in total. The quantitative estimate of drug-likeness (QED) is 0.733. The summed E-state index contributed by atoms with van der Waals surface area (Å²) in [4.78, 5) is 26.5. The zero-order valence-electron chi connectivity index (χ0n) is 16.4. The van der Waals surface area contributed by atoms with Crippen LogP contribution in [0.15, 0.2) is 60.7 Å². The van der Waals surface area contributed by atoms with Gasteiger partial charge < -0.3 is 9.84 Å². The SMILES string of the molecule is O=C1[C@@H]2CCCC[C@H]2C(=O)N1C[C@H](O)COC(c1ccccc1)c1ccccc1. The maximum Gasteiger partial charge on any atom is 0.233 e. The van der Waals surface area contributed by atoms with E-state index in [0.29, 0.717) is 0 Å². The zero-order chi connectivity index (χ0) is 20.2. The van der Waals surface area contributed by atoms with Crippen molar-refractivity contribution < 1.29 is 19.4 Å². The van der Waals surface area contributed by atoms with Gasteiger partial charge in [0, 0.05) is 0 Å². The Morgan fingerprint density at radius 3 is 1.83 bits per heavy atom. The van der Waals surface area contributed by atoms with E-state index in [1.807, 2.05) is 60.7 Å². The highest BCUT2D eigenvalue weighted by atomic mass is 16.5. The molecule has 2 aliphatic rings. The lowest BCUT2D eigenvalue weighted by Crippen LogP contribution is -2.39. The van der Waals surface area contributed by atoms with E-state index in [2.05, 4.69) is 0 Å². The fourth-order valence-corrected chi connectivity index (χ4v) is 4.52. The number of aliphatic hydroxyl groups is 1. The second-order valence-corrected chi connectivity index (χ2v) is 7.97. The molecule has 5 heteroatoms. The van der Waals surface area contributed by atoms with E-state index in [4.69, 9.17) is 4.74 Å². The molecule has 3 atom stereocenters. The van der Waals surface area contributed by atoms with Crippen molar-refractivity contribution in [3.63, 3.8) is 0 Å². The molecule has 1 aliphatic heterocycles. The molecule has 29 heavy (non-hydrogen) atoms. The number of amides is 2. The Balaban J connectivity index is 1.41. The average Bonchev–Trinajstić information content (AvgIpc) is 3.00. The number of β-amino-alcohol motifs (C(OH)–C–C–N with tert-alkyl or cyclic N) is 1. The molecule has 2 aromatic rings. The van der Waals surface area contributed by atoms with Crippen LogP contribution in [0.3, 0.4) is 0 Å². The molecule has 1 saturated heterocycles. The van der Waals surface area contributed by atoms with Crippen molar-refractivity contribution in [2.45, 2.75) is 37.9 Å². The van der Waals surface area contributed by atoms with E-state index in [9.17, 15) is 14.7 Å². The Bertz CT molecular complexity index is 775. The number of carbonyl (C=O) groups is 2. The minimum absolute atomic E-state index is 0.000958. The first-order valence-electron chi connectivity index (χ1n) is 10.4. The molecule has 1 saturated carbocycles. The van der Waals surface area contributed by atoms with Gasteiger partial charge in [-0.05, 0) is 24.0 Å². The van der Waals surface area contributed by atoms with Crippen LogP contribution >= 0.6 is 0 Å². The molecule has 152 valence electrons. The van der Waals surface area contributed by atoms with E-state index < -0.39 is 6.10 Å². The molecule has 1 aliphatic carbocycles. The van der Waals surface area contributed by atoms with E-state index in [1.165, 1.54) is 4.90 Å². The van der Waals surface area contributed by atoms with Crippen molar-refractivity contribution >= 4 is 11.8 Å². The minimum atomic E-state index is -0.919. The highest BCUT2D eigenvalue weighted by molar-refractivity contribution is 6.05. The monoisotopic (exact) mass is 393 g/mol. The van der Waals surface area contributed by atoms with Gasteiger partial charge in [0.25, 0.3) is 0 Å². The van der Waals surface area contributed by atoms with Crippen LogP contribution in [0.2, 0.25) is 0 Å². The number of benzene rings is 2. The Hall–Kier alpha value is -2.50. The molecule has 2 amide bonds. The van der Waals surface area contributed by atoms with E-state index in [-0.39, 0.29) is 42.9 Å². The Morgan fingerprint density at radius 2 is 1.34 bits per heavy atom. The number of hydrogen-bond acceptors (Lipinski definition) is 4. The van der Waals surface area contributed by atoms with Crippen LogP contribution in [0.4, 0.5) is 0 Å². The van der Waals surface area contributed by atoms with Gasteiger partial charge in [-0.25, -0.2) is 0 Å². The molecule has 1 heterocycles. The summed E-state index contributed by atoms with van der Waals surface area (Å²) >= 11 is 0. The molecule has 0 spiro atoms. The summed E-state index contributed by atoms with van der Waals surface area (Å²) in [7, 11) is 0. The van der Waals surface area contributed by atoms with Crippen LogP contribution in [0.5, 0.6) is 0 Å². The predicted molar refractivity (Wildman–Crippen MR) is 109 cm³/mol. The molecule has 5 nitrogen and oxygen atoms in total. The summed E-state index contributed by atoms with van der Waals surface area (Å²) in [5.41, 5.74) is 1.98. The van der Waals surface area contributed by atoms with Crippen LogP contribution in [-0.2, 0) is 14.3 Å². The van der Waals surface area contributed by atoms with Crippen LogP contribution in [-0.4, -0.2) is 41.1 Å². The second-order valence-electron chi connectivity index (χ2n) is 7.97. The van der Waals surface area contributed by atoms with Crippen LogP contribution in [0.1, 0.15) is 42.9 Å². The van der Waals surface area contributed by atoms with Crippen molar-refractivity contribution in [3.05, 3.63) is 71.8 Å². The first-order chi connectivity index (χ1) is 14.1. The molecule has 0 aromatic heterocycles. The summed E-state index contributed by atoms with van der Waals surface area (Å²) in [5.74, 6) is -0.626. The van der Waals surface area contributed by atoms with Crippen molar-refractivity contribution in [1.82, 2.24) is 4.90 Å². The third-order valence-electron chi connectivity index (χ3n) is 5.99. The molecule has 2 aromatic carbocycles. The third-order valence-corrected chi connectivity index (χ3v) is 5.99. The summed E-state index contributed by atoms with van der Waals surface area (Å²) in [6, 6.07) is 19.7. The fourth-order valence-electron chi connectivity index (χ4n) is 4.52. The van der Waals surface area contributed by atoms with Gasteiger partial charge in [0.2, 0.25) is 11.8 Å². The highest BCUT2D eigenvalue weighted by Crippen LogP contribution is 2.38. The molecule has 0 bridgehead atoms. The number of nitrogens with zero attached hydrogens (tertiary/aromatic N) is 1. The van der Waals surface area contributed by atoms with Gasteiger partial charge in [0.15, 0.2) is 0 Å². The number of ether oxygens (including phenoxy) is 1. The number of rotatable bonds is 7. The number of hydrogen-bond donors (Lipinski definition) is 1. The predicted octanol–water partition coefficient (Wildman–Crippen LogP) is 3.33. The first-order valence-corrected chi connectivity index (χ1v) is 10.4. The third kappa shape index (κ3) is 4.26. The molecular weight excluding hydrogens is 366 g/mol. The summed E-state index contributed by atoms with van der Waals surface area (Å²) < 4.78 is 6.08. The van der Waals surface area contributed by atoms with Crippen LogP contribution < -0.4 is 0 Å². The molecule has 0 radical (unpaired) electrons. The van der Waals surface area contributed by atoms with Gasteiger partial charge >= 0.3 is 0 Å². The van der Waals surface area contributed by atoms with Crippen LogP contribution in [0.25, 0.3) is 0 Å². The summed E-state index contributed by atoms with van der Waals surface area (Å²) in [6.45, 7) is 0.0435. The first kappa shape index (κ1) is 19.8. The molecule has 2 fully saturated rings. The van der Waals surface area contributed by atoms with Gasteiger partial charge in [0.1, 0.15) is 6.10 Å². The number of likely N-dealkylation sites (tertiary alicyclic amines) is 1. The topological polar surface area (TPSA) is 66.8 Å². The molecule has 4 rings (SSSR count). The van der Waals surface area contributed by atoms with Gasteiger partial charge in [-0.1, -0.05) is 73.5 Å². The van der Waals surface area contributed by atoms with Crippen molar-refractivity contribution in [1.29, 1.82) is 0 Å². The number of fused-ring (bicyclic) bond motifs is 1. The second kappa shape index (κ2) is 8.89. The van der Waals surface area contributed by atoms with Crippen molar-refractivity contribution in [2.24, 2.45) is 11.8 Å². The largest absolute Gasteiger partial charge is 0.389 e. The standard InChI is InChI=1S/C24H27NO4/c26-19(15-25-23(27)20-13-7-8-14-21(20)24(25)28)16-29-22(17-9-3-1-4-10-17)18-11-5-2-6-12-18/h1-6,9-12,19-22,26H,7-8,13-16H2/t19-,20+,21+/m0/s1. The lowest BCUT2D eigenvalue weighted by atomic mass is 9.81. The Morgan fingerprint density at radius 1 is 0.862 bits per heavy atom. The van der Waals surface area contributed by atoms with Gasteiger partial charge in [0.05, 0.1) is 31.1 Å². The Kier molecular flexibility index (Phi) is 6.07. The number of carbonyl (C=O) groups excluding carboxylic acids is 2. The normalized spacial score (nSPS) is 22.8. The minimum Gasteiger partial charge on any atom is -0.389 e. The molecular formula is C24H27NO4. The smallest absolute Gasteiger partial charge is 0.233 e. The highest BCUT2D eigenvalue weighted by Gasteiger charge is 2.48.